The number of rotatable bonds is 3. The number of halogens is 1. The zero-order valence-electron chi connectivity index (χ0n) is 7.29. The van der Waals surface area contributed by atoms with Crippen LogP contribution >= 0.6 is 28.1 Å². The molecule has 0 atom stereocenters. The first-order valence-electron chi connectivity index (χ1n) is 3.92. The van der Waals surface area contributed by atoms with E-state index in [2.05, 4.69) is 33.5 Å². The van der Waals surface area contributed by atoms with E-state index in [0.717, 1.165) is 4.47 Å². The molecule has 0 unspecified atom stereocenters. The highest BCUT2D eigenvalue weighted by molar-refractivity contribution is 9.10. The maximum Gasteiger partial charge on any atom is 0.231 e. The summed E-state index contributed by atoms with van der Waals surface area (Å²) < 4.78 is 0.830. The van der Waals surface area contributed by atoms with Crippen LogP contribution < -0.4 is 11.1 Å². The molecule has 3 nitrogen and oxygen atoms in total. The van der Waals surface area contributed by atoms with Gasteiger partial charge < -0.3 is 11.1 Å². The van der Waals surface area contributed by atoms with Crippen molar-refractivity contribution in [3.8, 4) is 0 Å². The van der Waals surface area contributed by atoms with Gasteiger partial charge in [0.05, 0.1) is 17.1 Å². The predicted octanol–water partition coefficient (Wildman–Crippen LogP) is 2.06. The SMILES string of the molecule is NC(=S)CC(=O)Nc1ccccc1Br. The van der Waals surface area contributed by atoms with Crippen LogP contribution in [0, 0.1) is 0 Å². The first kappa shape index (κ1) is 11.1. The fourth-order valence-electron chi connectivity index (χ4n) is 0.915. The van der Waals surface area contributed by atoms with Gasteiger partial charge in [0.2, 0.25) is 5.91 Å². The predicted molar refractivity (Wildman–Crippen MR) is 64.2 cm³/mol. The van der Waals surface area contributed by atoms with Crippen LogP contribution in [-0.2, 0) is 4.79 Å². The van der Waals surface area contributed by atoms with E-state index >= 15 is 0 Å². The third kappa shape index (κ3) is 3.43. The Morgan fingerprint density at radius 2 is 2.14 bits per heavy atom. The Balaban J connectivity index is 2.65. The molecule has 0 bridgehead atoms. The molecule has 74 valence electrons. The lowest BCUT2D eigenvalue weighted by Gasteiger charge is -2.05. The quantitative estimate of drug-likeness (QED) is 0.829. The fraction of sp³-hybridized carbons (Fsp3) is 0.111. The van der Waals surface area contributed by atoms with Gasteiger partial charge in [0.1, 0.15) is 0 Å². The summed E-state index contributed by atoms with van der Waals surface area (Å²) in [6.45, 7) is 0. The minimum Gasteiger partial charge on any atom is -0.393 e. The third-order valence-electron chi connectivity index (χ3n) is 1.48. The van der Waals surface area contributed by atoms with Crippen LogP contribution in [0.2, 0.25) is 0 Å². The summed E-state index contributed by atoms with van der Waals surface area (Å²) in [7, 11) is 0. The molecule has 1 aromatic carbocycles. The van der Waals surface area contributed by atoms with Crippen LogP contribution in [0.1, 0.15) is 6.42 Å². The molecule has 1 aromatic rings. The Bertz CT molecular complexity index is 368. The third-order valence-corrected chi connectivity index (χ3v) is 2.32. The topological polar surface area (TPSA) is 55.1 Å². The van der Waals surface area contributed by atoms with Gasteiger partial charge in [-0.2, -0.15) is 0 Å². The van der Waals surface area contributed by atoms with Gasteiger partial charge in [-0.15, -0.1) is 0 Å². The normalized spacial score (nSPS) is 9.50. The molecule has 0 aliphatic carbocycles. The summed E-state index contributed by atoms with van der Waals surface area (Å²) in [5, 5.41) is 2.69. The molecule has 3 N–H and O–H groups in total. The van der Waals surface area contributed by atoms with Crippen LogP contribution in [0.5, 0.6) is 0 Å². The number of thiocarbonyl (C=S) groups is 1. The maximum absolute atomic E-state index is 11.3. The monoisotopic (exact) mass is 272 g/mol. The lowest BCUT2D eigenvalue weighted by Crippen LogP contribution is -2.20. The summed E-state index contributed by atoms with van der Waals surface area (Å²) in [5.74, 6) is -0.204. The van der Waals surface area contributed by atoms with Crippen LogP contribution in [0.3, 0.4) is 0 Å². The first-order valence-corrected chi connectivity index (χ1v) is 5.12. The van der Waals surface area contributed by atoms with Crippen molar-refractivity contribution < 1.29 is 4.79 Å². The van der Waals surface area contributed by atoms with Crippen molar-refractivity contribution in [3.05, 3.63) is 28.7 Å². The standard InChI is InChI=1S/C9H9BrN2OS/c10-6-3-1-2-4-7(6)12-9(13)5-8(11)14/h1-4H,5H2,(H2,11,14)(H,12,13). The van der Waals surface area contributed by atoms with Crippen molar-refractivity contribution in [2.75, 3.05) is 5.32 Å². The number of para-hydroxylation sites is 1. The summed E-state index contributed by atoms with van der Waals surface area (Å²) in [4.78, 5) is 11.5. The molecule has 0 saturated carbocycles. The minimum atomic E-state index is -0.204. The van der Waals surface area contributed by atoms with Crippen molar-refractivity contribution >= 4 is 44.7 Å². The number of hydrogen-bond acceptors (Lipinski definition) is 2. The van der Waals surface area contributed by atoms with Gasteiger partial charge in [-0.3, -0.25) is 4.79 Å². The van der Waals surface area contributed by atoms with Gasteiger partial charge in [-0.25, -0.2) is 0 Å². The smallest absolute Gasteiger partial charge is 0.231 e. The highest BCUT2D eigenvalue weighted by Gasteiger charge is 2.05. The van der Waals surface area contributed by atoms with Gasteiger partial charge in [-0.05, 0) is 28.1 Å². The second-order valence-corrected chi connectivity index (χ2v) is 4.05. The highest BCUT2D eigenvalue weighted by atomic mass is 79.9. The molecule has 0 saturated heterocycles. The summed E-state index contributed by atoms with van der Waals surface area (Å²) in [6.07, 6.45) is 0.0661. The van der Waals surface area contributed by atoms with E-state index in [0.29, 0.717) is 5.69 Å². The lowest BCUT2D eigenvalue weighted by atomic mass is 10.3. The fourth-order valence-corrected chi connectivity index (χ4v) is 1.43. The average molecular weight is 273 g/mol. The first-order chi connectivity index (χ1) is 6.59. The van der Waals surface area contributed by atoms with Crippen molar-refractivity contribution in [1.82, 2.24) is 0 Å². The molecule has 1 amide bonds. The van der Waals surface area contributed by atoms with Crippen molar-refractivity contribution in [3.63, 3.8) is 0 Å². The van der Waals surface area contributed by atoms with E-state index in [1.807, 2.05) is 18.2 Å². The number of carbonyl (C=O) groups is 1. The minimum absolute atomic E-state index is 0.0661. The Morgan fingerprint density at radius 3 is 2.71 bits per heavy atom. The van der Waals surface area contributed by atoms with Gasteiger partial charge in [0.25, 0.3) is 0 Å². The zero-order chi connectivity index (χ0) is 10.6. The molecule has 14 heavy (non-hydrogen) atoms. The summed E-state index contributed by atoms with van der Waals surface area (Å²) in [5.41, 5.74) is 5.96. The molecule has 0 aliphatic rings. The molecule has 0 radical (unpaired) electrons. The Kier molecular flexibility index (Phi) is 4.03. The second kappa shape index (κ2) is 5.07. The number of carbonyl (C=O) groups excluding carboxylic acids is 1. The van der Waals surface area contributed by atoms with Gasteiger partial charge in [-0.1, -0.05) is 24.4 Å². The average Bonchev–Trinajstić information content (AvgIpc) is 2.07. The van der Waals surface area contributed by atoms with E-state index in [-0.39, 0.29) is 17.3 Å². The molecule has 0 aromatic heterocycles. The van der Waals surface area contributed by atoms with Crippen LogP contribution in [0.15, 0.2) is 28.7 Å². The van der Waals surface area contributed by atoms with E-state index in [1.54, 1.807) is 6.07 Å². The number of anilines is 1. The summed E-state index contributed by atoms with van der Waals surface area (Å²) in [6, 6.07) is 7.34. The van der Waals surface area contributed by atoms with E-state index in [4.69, 9.17) is 5.73 Å². The van der Waals surface area contributed by atoms with Crippen molar-refractivity contribution in [2.24, 2.45) is 5.73 Å². The largest absolute Gasteiger partial charge is 0.393 e. The maximum atomic E-state index is 11.3. The molecular weight excluding hydrogens is 264 g/mol. The van der Waals surface area contributed by atoms with Crippen molar-refractivity contribution in [2.45, 2.75) is 6.42 Å². The number of amides is 1. The van der Waals surface area contributed by atoms with Crippen molar-refractivity contribution in [1.29, 1.82) is 0 Å². The van der Waals surface area contributed by atoms with Crippen LogP contribution in [0.4, 0.5) is 5.69 Å². The highest BCUT2D eigenvalue weighted by Crippen LogP contribution is 2.21. The van der Waals surface area contributed by atoms with E-state index in [9.17, 15) is 4.79 Å². The second-order valence-electron chi connectivity index (χ2n) is 2.67. The molecular formula is C9H9BrN2OS. The molecule has 1 rings (SSSR count). The van der Waals surface area contributed by atoms with E-state index < -0.39 is 0 Å². The Labute approximate surface area is 95.8 Å². The number of hydrogen-bond donors (Lipinski definition) is 2. The molecule has 0 fully saturated rings. The van der Waals surface area contributed by atoms with Gasteiger partial charge in [0, 0.05) is 4.47 Å². The molecule has 0 heterocycles. The molecule has 5 heteroatoms. The Morgan fingerprint density at radius 1 is 1.50 bits per heavy atom. The lowest BCUT2D eigenvalue weighted by molar-refractivity contribution is -0.115. The van der Waals surface area contributed by atoms with E-state index in [1.165, 1.54) is 0 Å². The zero-order valence-corrected chi connectivity index (χ0v) is 9.69. The van der Waals surface area contributed by atoms with Crippen LogP contribution in [-0.4, -0.2) is 10.9 Å². The summed E-state index contributed by atoms with van der Waals surface area (Å²) >= 11 is 7.94. The number of nitrogens with one attached hydrogen (secondary N) is 1. The van der Waals surface area contributed by atoms with Gasteiger partial charge in [0.15, 0.2) is 0 Å². The number of benzene rings is 1. The Hall–Kier alpha value is -0.940. The number of nitrogens with two attached hydrogens (primary N) is 1. The van der Waals surface area contributed by atoms with Crippen LogP contribution in [0.25, 0.3) is 0 Å². The van der Waals surface area contributed by atoms with Gasteiger partial charge >= 0.3 is 0 Å². The molecule has 0 spiro atoms. The molecule has 0 aliphatic heterocycles.